The molecule has 2 amide bonds. The van der Waals surface area contributed by atoms with Crippen molar-refractivity contribution in [2.24, 2.45) is 11.3 Å². The van der Waals surface area contributed by atoms with E-state index in [4.69, 9.17) is 0 Å². The minimum absolute atomic E-state index is 0.0791. The number of methoxy groups -OCH3 is 1. The summed E-state index contributed by atoms with van der Waals surface area (Å²) in [6.45, 7) is 7.19. The Balaban J connectivity index is 2.88. The zero-order valence-corrected chi connectivity index (χ0v) is 14.9. The minimum atomic E-state index is -0.660. The number of carbonyl (C=O) groups is 3. The number of ether oxygens (including phenoxy) is 1. The van der Waals surface area contributed by atoms with Crippen molar-refractivity contribution in [3.63, 3.8) is 0 Å². The third kappa shape index (κ3) is 5.84. The molecule has 6 heteroatoms. The molecule has 23 heavy (non-hydrogen) atoms. The normalized spacial score (nSPS) is 18.7. The molecule has 0 radical (unpaired) electrons. The molecule has 0 spiro atoms. The summed E-state index contributed by atoms with van der Waals surface area (Å²) in [6, 6.07) is -1.24. The molecular formula is C17H30N2O4. The van der Waals surface area contributed by atoms with Gasteiger partial charge in [-0.1, -0.05) is 40.0 Å². The van der Waals surface area contributed by atoms with E-state index >= 15 is 0 Å². The van der Waals surface area contributed by atoms with Crippen LogP contribution in [0.15, 0.2) is 0 Å². The van der Waals surface area contributed by atoms with Crippen molar-refractivity contribution in [3.05, 3.63) is 0 Å². The van der Waals surface area contributed by atoms with E-state index in [0.29, 0.717) is 0 Å². The van der Waals surface area contributed by atoms with Crippen LogP contribution in [0.3, 0.4) is 0 Å². The van der Waals surface area contributed by atoms with E-state index in [9.17, 15) is 14.4 Å². The molecule has 6 nitrogen and oxygen atoms in total. The Morgan fingerprint density at radius 2 is 1.61 bits per heavy atom. The molecule has 0 aliphatic heterocycles. The van der Waals surface area contributed by atoms with Gasteiger partial charge in [0.25, 0.3) is 0 Å². The molecule has 0 heterocycles. The molecule has 2 atom stereocenters. The van der Waals surface area contributed by atoms with Crippen LogP contribution in [0.4, 0.5) is 4.79 Å². The maximum Gasteiger partial charge on any atom is 0.407 e. The highest BCUT2D eigenvalue weighted by Crippen LogP contribution is 2.27. The van der Waals surface area contributed by atoms with Gasteiger partial charge in [-0.25, -0.2) is 4.79 Å². The number of carbonyl (C=O) groups excluding carboxylic acids is 3. The van der Waals surface area contributed by atoms with Crippen LogP contribution in [0.1, 0.15) is 59.8 Å². The Hall–Kier alpha value is -1.59. The summed E-state index contributed by atoms with van der Waals surface area (Å²) in [6.07, 6.45) is 4.41. The summed E-state index contributed by atoms with van der Waals surface area (Å²) in [7, 11) is 1.28. The van der Waals surface area contributed by atoms with E-state index in [2.05, 4.69) is 15.4 Å². The standard InChI is InChI=1S/C17H30N2O4/c1-11(20)14(17(2,3)4)19-15(21)13(18-16(22)23-5)12-9-7-6-8-10-12/h12-14H,6-10H2,1-5H3,(H,18,22)(H,19,21)/t13-,14+/m0/s1. The van der Waals surface area contributed by atoms with Gasteiger partial charge in [0.05, 0.1) is 13.2 Å². The van der Waals surface area contributed by atoms with Gasteiger partial charge in [0.15, 0.2) is 5.78 Å². The van der Waals surface area contributed by atoms with E-state index in [1.165, 1.54) is 14.0 Å². The maximum absolute atomic E-state index is 12.7. The second kappa shape index (κ2) is 8.31. The number of alkyl carbamates (subject to hydrolysis) is 1. The van der Waals surface area contributed by atoms with E-state index in [-0.39, 0.29) is 23.0 Å². The lowest BCUT2D eigenvalue weighted by atomic mass is 9.81. The first-order chi connectivity index (χ1) is 10.7. The fraction of sp³-hybridized carbons (Fsp3) is 0.824. The van der Waals surface area contributed by atoms with Crippen molar-refractivity contribution in [1.82, 2.24) is 10.6 Å². The number of amides is 2. The van der Waals surface area contributed by atoms with Crippen molar-refractivity contribution in [1.29, 1.82) is 0 Å². The molecule has 0 unspecified atom stereocenters. The molecule has 0 bridgehead atoms. The summed E-state index contributed by atoms with van der Waals surface area (Å²) >= 11 is 0. The van der Waals surface area contributed by atoms with Crippen LogP contribution in [0.25, 0.3) is 0 Å². The lowest BCUT2D eigenvalue weighted by molar-refractivity contribution is -0.131. The third-order valence-electron chi connectivity index (χ3n) is 4.42. The quantitative estimate of drug-likeness (QED) is 0.812. The molecule has 1 rings (SSSR count). The van der Waals surface area contributed by atoms with Crippen LogP contribution >= 0.6 is 0 Å². The molecule has 0 aromatic heterocycles. The van der Waals surface area contributed by atoms with Gasteiger partial charge in [0, 0.05) is 0 Å². The van der Waals surface area contributed by atoms with Gasteiger partial charge < -0.3 is 15.4 Å². The largest absolute Gasteiger partial charge is 0.453 e. The highest BCUT2D eigenvalue weighted by Gasteiger charge is 2.36. The number of Topliss-reactive ketones (excluding diaryl/α,β-unsaturated/α-hetero) is 1. The number of ketones is 1. The first kappa shape index (κ1) is 19.5. The van der Waals surface area contributed by atoms with Crippen LogP contribution in [0.5, 0.6) is 0 Å². The molecule has 0 aromatic rings. The first-order valence-corrected chi connectivity index (χ1v) is 8.32. The van der Waals surface area contributed by atoms with Crippen molar-refractivity contribution in [2.75, 3.05) is 7.11 Å². The van der Waals surface area contributed by atoms with Crippen LogP contribution in [-0.2, 0) is 14.3 Å². The Bertz CT molecular complexity index is 436. The van der Waals surface area contributed by atoms with Crippen molar-refractivity contribution in [3.8, 4) is 0 Å². The summed E-state index contributed by atoms with van der Waals surface area (Å²) < 4.78 is 4.64. The van der Waals surface area contributed by atoms with E-state index in [0.717, 1.165) is 32.1 Å². The number of hydrogen-bond donors (Lipinski definition) is 2. The minimum Gasteiger partial charge on any atom is -0.453 e. The molecule has 1 fully saturated rings. The molecule has 0 aromatic carbocycles. The Kier molecular flexibility index (Phi) is 7.03. The van der Waals surface area contributed by atoms with Crippen molar-refractivity contribution < 1.29 is 19.1 Å². The predicted molar refractivity (Wildman–Crippen MR) is 88.0 cm³/mol. The lowest BCUT2D eigenvalue weighted by Gasteiger charge is -2.34. The SMILES string of the molecule is COC(=O)N[C@H](C(=O)N[C@H](C(C)=O)C(C)(C)C)C1CCCCC1. The molecule has 132 valence electrons. The third-order valence-corrected chi connectivity index (χ3v) is 4.42. The van der Waals surface area contributed by atoms with Gasteiger partial charge in [-0.3, -0.25) is 9.59 Å². The first-order valence-electron chi connectivity index (χ1n) is 8.32. The highest BCUT2D eigenvalue weighted by molar-refractivity contribution is 5.91. The zero-order valence-electron chi connectivity index (χ0n) is 14.9. The van der Waals surface area contributed by atoms with E-state index < -0.39 is 18.2 Å². The van der Waals surface area contributed by atoms with Gasteiger partial charge in [-0.2, -0.15) is 0 Å². The maximum atomic E-state index is 12.7. The fourth-order valence-corrected chi connectivity index (χ4v) is 3.21. The predicted octanol–water partition coefficient (Wildman–Crippen LogP) is 2.41. The van der Waals surface area contributed by atoms with Gasteiger partial charge in [-0.05, 0) is 31.1 Å². The van der Waals surface area contributed by atoms with Crippen LogP contribution in [-0.4, -0.2) is 37.0 Å². The fourth-order valence-electron chi connectivity index (χ4n) is 3.21. The summed E-state index contributed by atoms with van der Waals surface area (Å²) in [5.74, 6) is -0.320. The average molecular weight is 326 g/mol. The topological polar surface area (TPSA) is 84.5 Å². The van der Waals surface area contributed by atoms with Crippen molar-refractivity contribution >= 4 is 17.8 Å². The van der Waals surface area contributed by atoms with Gasteiger partial charge in [-0.15, -0.1) is 0 Å². The molecule has 1 saturated carbocycles. The zero-order chi connectivity index (χ0) is 17.6. The summed E-state index contributed by atoms with van der Waals surface area (Å²) in [4.78, 5) is 36.2. The lowest BCUT2D eigenvalue weighted by Crippen LogP contribution is -2.57. The molecule has 1 aliphatic carbocycles. The second-order valence-corrected chi connectivity index (χ2v) is 7.43. The van der Waals surface area contributed by atoms with Crippen LogP contribution < -0.4 is 10.6 Å². The Morgan fingerprint density at radius 3 is 2.04 bits per heavy atom. The molecule has 2 N–H and O–H groups in total. The van der Waals surface area contributed by atoms with Crippen LogP contribution in [0.2, 0.25) is 0 Å². The van der Waals surface area contributed by atoms with Crippen LogP contribution in [0, 0.1) is 11.3 Å². The smallest absolute Gasteiger partial charge is 0.407 e. The number of nitrogens with one attached hydrogen (secondary N) is 2. The van der Waals surface area contributed by atoms with Gasteiger partial charge in [0.1, 0.15) is 6.04 Å². The monoisotopic (exact) mass is 326 g/mol. The molecule has 0 saturated heterocycles. The average Bonchev–Trinajstić information content (AvgIpc) is 2.49. The van der Waals surface area contributed by atoms with E-state index in [1.54, 1.807) is 0 Å². The number of rotatable bonds is 5. The summed E-state index contributed by atoms with van der Waals surface area (Å²) in [5.41, 5.74) is -0.385. The molecular weight excluding hydrogens is 296 g/mol. The Labute approximate surface area is 138 Å². The molecule has 1 aliphatic rings. The number of hydrogen-bond acceptors (Lipinski definition) is 4. The summed E-state index contributed by atoms with van der Waals surface area (Å²) in [5, 5.41) is 5.47. The Morgan fingerprint density at radius 1 is 1.04 bits per heavy atom. The van der Waals surface area contributed by atoms with Gasteiger partial charge >= 0.3 is 6.09 Å². The highest BCUT2D eigenvalue weighted by atomic mass is 16.5. The van der Waals surface area contributed by atoms with E-state index in [1.807, 2.05) is 20.8 Å². The second-order valence-electron chi connectivity index (χ2n) is 7.43. The van der Waals surface area contributed by atoms with Crippen molar-refractivity contribution in [2.45, 2.75) is 71.9 Å². The van der Waals surface area contributed by atoms with Gasteiger partial charge in [0.2, 0.25) is 5.91 Å².